The number of phenols is 1. The number of nitrogens with zero attached hydrogens (tertiary/aromatic N) is 1. The van der Waals surface area contributed by atoms with Crippen LogP contribution < -0.4 is 5.73 Å². The smallest absolute Gasteiger partial charge is 0.309 e. The van der Waals surface area contributed by atoms with Crippen molar-refractivity contribution >= 4 is 35.0 Å². The van der Waals surface area contributed by atoms with Crippen molar-refractivity contribution in [1.29, 1.82) is 0 Å². The van der Waals surface area contributed by atoms with Crippen molar-refractivity contribution in [3.05, 3.63) is 28.8 Å². The minimum Gasteiger partial charge on any atom is -0.507 e. The predicted molar refractivity (Wildman–Crippen MR) is 138 cm³/mol. The standard InChI is InChI=1S/C29H34N2O9/c1-12-9-10-16(32)17-14(12)11-15-18(22(17)33)25(35)29(39)20(24(15)40-28(38)13-7-5-4-6-8-13)21(31(2)3)23(34)19(26(29)36)27(30)37/h9-10,13,15,18-21,24,32,39H,4-8,11H2,1-3H3,(H2,30,37)/t15-,18?,19?,20-,21+,24+,29+/m0/s1. The van der Waals surface area contributed by atoms with Crippen LogP contribution in [0, 0.1) is 36.5 Å². The van der Waals surface area contributed by atoms with Crippen LogP contribution in [0.3, 0.4) is 0 Å². The van der Waals surface area contributed by atoms with Crippen molar-refractivity contribution in [3.8, 4) is 5.75 Å². The van der Waals surface area contributed by atoms with Crippen LogP contribution in [0.1, 0.15) is 53.6 Å². The van der Waals surface area contributed by atoms with E-state index in [4.69, 9.17) is 10.5 Å². The number of aryl methyl sites for hydroxylation is 1. The van der Waals surface area contributed by atoms with Gasteiger partial charge in [0.25, 0.3) is 0 Å². The summed E-state index contributed by atoms with van der Waals surface area (Å²) in [4.78, 5) is 82.4. The van der Waals surface area contributed by atoms with Crippen molar-refractivity contribution in [2.45, 2.75) is 63.2 Å². The molecule has 3 saturated carbocycles. The summed E-state index contributed by atoms with van der Waals surface area (Å²) in [7, 11) is 2.97. The largest absolute Gasteiger partial charge is 0.507 e. The maximum atomic E-state index is 14.1. The van der Waals surface area contributed by atoms with Crippen LogP contribution in [0.25, 0.3) is 0 Å². The molecule has 1 amide bonds. The summed E-state index contributed by atoms with van der Waals surface area (Å²) in [5, 5.41) is 22.6. The number of hydrogen-bond acceptors (Lipinski definition) is 10. The highest BCUT2D eigenvalue weighted by Crippen LogP contribution is 2.52. The molecule has 4 N–H and O–H groups in total. The van der Waals surface area contributed by atoms with Gasteiger partial charge in [-0.1, -0.05) is 25.3 Å². The lowest BCUT2D eigenvalue weighted by molar-refractivity contribution is -0.206. The molecule has 1 aromatic rings. The molecule has 0 spiro atoms. The molecule has 40 heavy (non-hydrogen) atoms. The van der Waals surface area contributed by atoms with Gasteiger partial charge < -0.3 is 20.7 Å². The summed E-state index contributed by atoms with van der Waals surface area (Å²) >= 11 is 0. The van der Waals surface area contributed by atoms with Crippen molar-refractivity contribution < 1.29 is 43.7 Å². The average molecular weight is 555 g/mol. The third-order valence-corrected chi connectivity index (χ3v) is 9.42. The Hall–Kier alpha value is -3.44. The Morgan fingerprint density at radius 2 is 1.70 bits per heavy atom. The van der Waals surface area contributed by atoms with Crippen LogP contribution in [-0.4, -0.2) is 82.0 Å². The van der Waals surface area contributed by atoms with Crippen LogP contribution >= 0.6 is 0 Å². The molecular formula is C29H34N2O9. The molecule has 5 rings (SSSR count). The number of ketones is 4. The Balaban J connectivity index is 1.71. The van der Waals surface area contributed by atoms with E-state index < -0.39 is 82.3 Å². The molecule has 0 aromatic heterocycles. The zero-order chi connectivity index (χ0) is 29.3. The van der Waals surface area contributed by atoms with Gasteiger partial charge in [0.05, 0.1) is 29.4 Å². The van der Waals surface area contributed by atoms with Crippen molar-refractivity contribution in [2.75, 3.05) is 14.1 Å². The minimum atomic E-state index is -3.01. The summed E-state index contributed by atoms with van der Waals surface area (Å²) in [6, 6.07) is 1.56. The van der Waals surface area contributed by atoms with E-state index in [1.807, 2.05) is 0 Å². The second-order valence-electron chi connectivity index (χ2n) is 11.9. The summed E-state index contributed by atoms with van der Waals surface area (Å²) in [5.74, 6) is -13.4. The number of carbonyl (C=O) groups is 6. The highest BCUT2D eigenvalue weighted by atomic mass is 16.5. The van der Waals surface area contributed by atoms with Crippen LogP contribution in [0.4, 0.5) is 0 Å². The number of phenolic OH excluding ortho intramolecular Hbond substituents is 1. The van der Waals surface area contributed by atoms with E-state index >= 15 is 0 Å². The first-order valence-electron chi connectivity index (χ1n) is 13.7. The lowest BCUT2D eigenvalue weighted by Crippen LogP contribution is -2.78. The minimum absolute atomic E-state index is 0.0225. The molecular weight excluding hydrogens is 520 g/mol. The molecule has 11 heteroatoms. The SMILES string of the molecule is Cc1ccc(O)c2c1C[C@H]1C(C2=O)C(=O)[C@@]2(O)C(=O)C(C(N)=O)C(=O)[C@H](N(C)C)[C@H]2[C@@H]1OC(=O)C1CCCCC1. The molecule has 7 atom stereocenters. The summed E-state index contributed by atoms with van der Waals surface area (Å²) in [6.07, 6.45) is 2.42. The number of Topliss-reactive ketones (excluding diaryl/α,β-unsaturated/α-hetero) is 4. The normalized spacial score (nSPS) is 34.2. The Morgan fingerprint density at radius 3 is 2.30 bits per heavy atom. The summed E-state index contributed by atoms with van der Waals surface area (Å²) < 4.78 is 6.08. The number of ether oxygens (including phenoxy) is 1. The fourth-order valence-electron chi connectivity index (χ4n) is 7.47. The number of nitrogens with two attached hydrogens (primary N) is 1. The van der Waals surface area contributed by atoms with Crippen LogP contribution in [0.15, 0.2) is 12.1 Å². The van der Waals surface area contributed by atoms with Gasteiger partial charge in [0.2, 0.25) is 5.91 Å². The van der Waals surface area contributed by atoms with Gasteiger partial charge in [0.15, 0.2) is 34.7 Å². The number of esters is 1. The first kappa shape index (κ1) is 28.1. The highest BCUT2D eigenvalue weighted by Gasteiger charge is 2.73. The number of aliphatic hydroxyl groups is 1. The molecule has 214 valence electrons. The number of likely N-dealkylation sites (N-methyl/N-ethyl adjacent to an activating group) is 1. The van der Waals surface area contributed by atoms with Gasteiger partial charge in [0.1, 0.15) is 11.9 Å². The molecule has 0 bridgehead atoms. The van der Waals surface area contributed by atoms with E-state index in [0.29, 0.717) is 24.0 Å². The van der Waals surface area contributed by atoms with E-state index in [1.54, 1.807) is 13.0 Å². The molecule has 3 fully saturated rings. The number of hydrogen-bond donors (Lipinski definition) is 3. The lowest BCUT2D eigenvalue weighted by atomic mass is 9.51. The van der Waals surface area contributed by atoms with Crippen LogP contribution in [0.5, 0.6) is 5.75 Å². The maximum absolute atomic E-state index is 14.1. The fourth-order valence-corrected chi connectivity index (χ4v) is 7.47. The zero-order valence-electron chi connectivity index (χ0n) is 22.7. The third-order valence-electron chi connectivity index (χ3n) is 9.42. The molecule has 0 heterocycles. The molecule has 11 nitrogen and oxygen atoms in total. The number of amides is 1. The molecule has 0 aliphatic heterocycles. The van der Waals surface area contributed by atoms with Gasteiger partial charge in [-0.25, -0.2) is 0 Å². The third kappa shape index (κ3) is 3.93. The molecule has 4 aliphatic carbocycles. The molecule has 4 aliphatic rings. The van der Waals surface area contributed by atoms with Gasteiger partial charge in [-0.3, -0.25) is 33.7 Å². The van der Waals surface area contributed by atoms with Gasteiger partial charge in [0, 0.05) is 5.92 Å². The first-order chi connectivity index (χ1) is 18.8. The number of fused-ring (bicyclic) bond motifs is 3. The van der Waals surface area contributed by atoms with Gasteiger partial charge in [-0.15, -0.1) is 0 Å². The number of rotatable bonds is 4. The topological polar surface area (TPSA) is 181 Å². The van der Waals surface area contributed by atoms with Crippen LogP contribution in [0.2, 0.25) is 0 Å². The number of aromatic hydroxyl groups is 1. The van der Waals surface area contributed by atoms with E-state index in [1.165, 1.54) is 25.1 Å². The van der Waals surface area contributed by atoms with Gasteiger partial charge in [-0.05, 0) is 57.5 Å². The van der Waals surface area contributed by atoms with Crippen LogP contribution in [-0.2, 0) is 35.1 Å². The van der Waals surface area contributed by atoms with Crippen molar-refractivity contribution in [3.63, 3.8) is 0 Å². The highest BCUT2D eigenvalue weighted by molar-refractivity contribution is 6.32. The Bertz CT molecular complexity index is 1330. The molecule has 2 unspecified atom stereocenters. The molecule has 0 saturated heterocycles. The number of primary amides is 1. The second kappa shape index (κ2) is 9.88. The summed E-state index contributed by atoms with van der Waals surface area (Å²) in [5.41, 5.74) is 3.43. The second-order valence-corrected chi connectivity index (χ2v) is 11.9. The first-order valence-corrected chi connectivity index (χ1v) is 13.7. The fraction of sp³-hybridized carbons (Fsp3) is 0.586. The van der Waals surface area contributed by atoms with E-state index in [2.05, 4.69) is 0 Å². The van der Waals surface area contributed by atoms with E-state index in [0.717, 1.165) is 19.3 Å². The quantitative estimate of drug-likeness (QED) is 0.345. The Labute approximate surface area is 231 Å². The van der Waals surface area contributed by atoms with E-state index in [9.17, 15) is 39.0 Å². The number of carbonyl (C=O) groups excluding carboxylic acids is 6. The van der Waals surface area contributed by atoms with Gasteiger partial charge in [-0.2, -0.15) is 0 Å². The Morgan fingerprint density at radius 1 is 1.05 bits per heavy atom. The van der Waals surface area contributed by atoms with Crippen molar-refractivity contribution in [2.24, 2.45) is 35.3 Å². The zero-order valence-corrected chi connectivity index (χ0v) is 22.7. The molecule has 1 aromatic carbocycles. The predicted octanol–water partition coefficient (Wildman–Crippen LogP) is 0.277. The lowest BCUT2D eigenvalue weighted by Gasteiger charge is -2.55. The van der Waals surface area contributed by atoms with Crippen molar-refractivity contribution in [1.82, 2.24) is 4.90 Å². The van der Waals surface area contributed by atoms with E-state index in [-0.39, 0.29) is 17.7 Å². The Kier molecular flexibility index (Phi) is 6.94. The average Bonchev–Trinajstić information content (AvgIpc) is 2.90. The summed E-state index contributed by atoms with van der Waals surface area (Å²) in [6.45, 7) is 1.74. The maximum Gasteiger partial charge on any atom is 0.309 e. The monoisotopic (exact) mass is 554 g/mol. The number of benzene rings is 1. The van der Waals surface area contributed by atoms with Gasteiger partial charge >= 0.3 is 5.97 Å². The molecule has 0 radical (unpaired) electrons.